The first-order valence-electron chi connectivity index (χ1n) is 7.22. The molecule has 22 heavy (non-hydrogen) atoms. The van der Waals surface area contributed by atoms with Crippen LogP contribution in [0.3, 0.4) is 0 Å². The molecule has 1 atom stereocenters. The summed E-state index contributed by atoms with van der Waals surface area (Å²) in [4.78, 5) is 37.2. The number of rotatable bonds is 4. The van der Waals surface area contributed by atoms with Crippen LogP contribution in [-0.4, -0.2) is 36.3 Å². The van der Waals surface area contributed by atoms with Crippen molar-refractivity contribution in [1.29, 1.82) is 0 Å². The Bertz CT molecular complexity index is 625. The van der Waals surface area contributed by atoms with Crippen molar-refractivity contribution in [1.82, 2.24) is 5.32 Å². The van der Waals surface area contributed by atoms with Crippen molar-refractivity contribution in [2.45, 2.75) is 39.8 Å². The molecule has 6 nitrogen and oxygen atoms in total. The third-order valence-electron chi connectivity index (χ3n) is 3.33. The van der Waals surface area contributed by atoms with E-state index in [1.54, 1.807) is 25.1 Å². The van der Waals surface area contributed by atoms with Crippen LogP contribution in [-0.2, 0) is 9.59 Å². The molecular formula is C16H20N2O4. The van der Waals surface area contributed by atoms with Crippen LogP contribution in [0.5, 0.6) is 5.75 Å². The van der Waals surface area contributed by atoms with Crippen molar-refractivity contribution in [2.75, 3.05) is 11.4 Å². The molecule has 1 aromatic rings. The number of fused-ring (bicyclic) bond motifs is 1. The number of Topliss-reactive ketones (excluding diaryl/α,β-unsaturated/α-hetero) is 1. The number of nitrogens with one attached hydrogen (secondary N) is 1. The zero-order chi connectivity index (χ0) is 16.4. The number of benzene rings is 1. The number of ether oxygens (including phenoxy) is 1. The molecule has 0 saturated heterocycles. The number of amides is 2. The summed E-state index contributed by atoms with van der Waals surface area (Å²) >= 11 is 0. The predicted molar refractivity (Wildman–Crippen MR) is 82.2 cm³/mol. The van der Waals surface area contributed by atoms with Gasteiger partial charge in [0.2, 0.25) is 5.91 Å². The van der Waals surface area contributed by atoms with Crippen molar-refractivity contribution in [3.8, 4) is 5.75 Å². The molecule has 1 aliphatic rings. The second-order valence-electron chi connectivity index (χ2n) is 5.65. The molecule has 1 heterocycles. The maximum absolute atomic E-state index is 12.3. The summed E-state index contributed by atoms with van der Waals surface area (Å²) in [7, 11) is 0. The lowest BCUT2D eigenvalue weighted by Gasteiger charge is -2.33. The number of hydrogen-bond acceptors (Lipinski definition) is 4. The van der Waals surface area contributed by atoms with Crippen LogP contribution in [0.15, 0.2) is 18.2 Å². The lowest BCUT2D eigenvalue weighted by atomic mass is 10.1. The Kier molecular flexibility index (Phi) is 4.49. The van der Waals surface area contributed by atoms with E-state index in [2.05, 4.69) is 5.32 Å². The van der Waals surface area contributed by atoms with Crippen molar-refractivity contribution < 1.29 is 19.1 Å². The Morgan fingerprint density at radius 2 is 2.05 bits per heavy atom. The third-order valence-corrected chi connectivity index (χ3v) is 3.33. The van der Waals surface area contributed by atoms with Gasteiger partial charge >= 0.3 is 0 Å². The predicted octanol–water partition coefficient (Wildman–Crippen LogP) is 1.53. The Balaban J connectivity index is 2.36. The number of carbonyl (C=O) groups is 3. The van der Waals surface area contributed by atoms with Gasteiger partial charge in [-0.05, 0) is 45.9 Å². The van der Waals surface area contributed by atoms with Crippen LogP contribution in [0, 0.1) is 0 Å². The summed E-state index contributed by atoms with van der Waals surface area (Å²) in [5, 5.41) is 2.75. The Morgan fingerprint density at radius 3 is 2.64 bits per heavy atom. The van der Waals surface area contributed by atoms with Crippen LogP contribution in [0.25, 0.3) is 0 Å². The zero-order valence-corrected chi connectivity index (χ0v) is 13.2. The summed E-state index contributed by atoms with van der Waals surface area (Å²) < 4.78 is 5.54. The fourth-order valence-corrected chi connectivity index (χ4v) is 2.30. The normalized spacial score (nSPS) is 17.0. The van der Waals surface area contributed by atoms with E-state index in [1.807, 2.05) is 13.8 Å². The van der Waals surface area contributed by atoms with E-state index in [0.717, 1.165) is 0 Å². The minimum absolute atomic E-state index is 0.0101. The highest BCUT2D eigenvalue weighted by Gasteiger charge is 2.33. The molecule has 1 aliphatic heterocycles. The summed E-state index contributed by atoms with van der Waals surface area (Å²) in [6, 6.07) is 4.88. The first-order chi connectivity index (χ1) is 10.3. The number of nitrogens with zero attached hydrogens (tertiary/aromatic N) is 1. The summed E-state index contributed by atoms with van der Waals surface area (Å²) in [6.45, 7) is 6.69. The average Bonchev–Trinajstić information content (AvgIpc) is 2.42. The van der Waals surface area contributed by atoms with Crippen LogP contribution >= 0.6 is 0 Å². The van der Waals surface area contributed by atoms with Crippen LogP contribution in [0.2, 0.25) is 0 Å². The first kappa shape index (κ1) is 16.0. The second-order valence-corrected chi connectivity index (χ2v) is 5.65. The SMILES string of the molecule is CC(=O)c1ccc2c(c1)N(CC(=O)NC(C)C)C(=O)C(C)O2. The monoisotopic (exact) mass is 304 g/mol. The molecule has 1 aromatic carbocycles. The quantitative estimate of drug-likeness (QED) is 0.856. The van der Waals surface area contributed by atoms with E-state index in [1.165, 1.54) is 11.8 Å². The molecular weight excluding hydrogens is 284 g/mol. The molecule has 1 N–H and O–H groups in total. The number of hydrogen-bond donors (Lipinski definition) is 1. The molecule has 0 spiro atoms. The fourth-order valence-electron chi connectivity index (χ4n) is 2.30. The Morgan fingerprint density at radius 1 is 1.36 bits per heavy atom. The molecule has 0 bridgehead atoms. The standard InChI is InChI=1S/C16H20N2O4/c1-9(2)17-15(20)8-18-13-7-12(10(3)19)5-6-14(13)22-11(4)16(18)21/h5-7,9,11H,8H2,1-4H3,(H,17,20). The lowest BCUT2D eigenvalue weighted by molar-refractivity contribution is -0.128. The third kappa shape index (κ3) is 3.27. The highest BCUT2D eigenvalue weighted by atomic mass is 16.5. The highest BCUT2D eigenvalue weighted by Crippen LogP contribution is 2.34. The van der Waals surface area contributed by atoms with Gasteiger partial charge in [-0.2, -0.15) is 0 Å². The lowest BCUT2D eigenvalue weighted by Crippen LogP contribution is -2.49. The van der Waals surface area contributed by atoms with Gasteiger partial charge in [0.1, 0.15) is 12.3 Å². The number of anilines is 1. The molecule has 0 aliphatic carbocycles. The van der Waals surface area contributed by atoms with Crippen molar-refractivity contribution in [2.24, 2.45) is 0 Å². The summed E-state index contributed by atoms with van der Waals surface area (Å²) in [5.74, 6) is -0.168. The van der Waals surface area contributed by atoms with Gasteiger partial charge in [-0.15, -0.1) is 0 Å². The van der Waals surface area contributed by atoms with Gasteiger partial charge in [-0.1, -0.05) is 0 Å². The maximum Gasteiger partial charge on any atom is 0.268 e. The minimum Gasteiger partial charge on any atom is -0.479 e. The number of ketones is 1. The van der Waals surface area contributed by atoms with Crippen molar-refractivity contribution in [3.05, 3.63) is 23.8 Å². The summed E-state index contributed by atoms with van der Waals surface area (Å²) in [6.07, 6.45) is -0.664. The molecule has 2 amide bonds. The molecule has 118 valence electrons. The second kappa shape index (κ2) is 6.17. The van der Waals surface area contributed by atoms with Gasteiger partial charge in [0.15, 0.2) is 11.9 Å². The largest absolute Gasteiger partial charge is 0.479 e. The number of carbonyl (C=O) groups excluding carboxylic acids is 3. The van der Waals surface area contributed by atoms with Crippen LogP contribution < -0.4 is 15.0 Å². The molecule has 1 unspecified atom stereocenters. The Hall–Kier alpha value is -2.37. The first-order valence-corrected chi connectivity index (χ1v) is 7.22. The van der Waals surface area contributed by atoms with E-state index in [4.69, 9.17) is 4.74 Å². The fraction of sp³-hybridized carbons (Fsp3) is 0.438. The van der Waals surface area contributed by atoms with Crippen molar-refractivity contribution in [3.63, 3.8) is 0 Å². The maximum atomic E-state index is 12.3. The molecule has 6 heteroatoms. The Labute approximate surface area is 129 Å². The van der Waals surface area contributed by atoms with E-state index in [9.17, 15) is 14.4 Å². The highest BCUT2D eigenvalue weighted by molar-refractivity contribution is 6.05. The van der Waals surface area contributed by atoms with Gasteiger partial charge in [-0.3, -0.25) is 19.3 Å². The van der Waals surface area contributed by atoms with Crippen LogP contribution in [0.4, 0.5) is 5.69 Å². The van der Waals surface area contributed by atoms with Gasteiger partial charge in [0.05, 0.1) is 5.69 Å². The average molecular weight is 304 g/mol. The van der Waals surface area contributed by atoms with E-state index < -0.39 is 6.10 Å². The van der Waals surface area contributed by atoms with E-state index in [0.29, 0.717) is 17.0 Å². The molecule has 0 aromatic heterocycles. The molecule has 0 saturated carbocycles. The minimum atomic E-state index is -0.664. The smallest absolute Gasteiger partial charge is 0.268 e. The van der Waals surface area contributed by atoms with Crippen LogP contribution in [0.1, 0.15) is 38.1 Å². The molecule has 0 fully saturated rings. The van der Waals surface area contributed by atoms with Gasteiger partial charge in [-0.25, -0.2) is 0 Å². The topological polar surface area (TPSA) is 75.7 Å². The molecule has 0 radical (unpaired) electrons. The van der Waals surface area contributed by atoms with Crippen molar-refractivity contribution >= 4 is 23.3 Å². The van der Waals surface area contributed by atoms with Gasteiger partial charge in [0, 0.05) is 11.6 Å². The van der Waals surface area contributed by atoms with Gasteiger partial charge in [0.25, 0.3) is 5.91 Å². The summed E-state index contributed by atoms with van der Waals surface area (Å²) in [5.41, 5.74) is 0.925. The molecule has 2 rings (SSSR count). The van der Waals surface area contributed by atoms with Gasteiger partial charge < -0.3 is 10.1 Å². The zero-order valence-electron chi connectivity index (χ0n) is 13.2. The van der Waals surface area contributed by atoms with E-state index in [-0.39, 0.29) is 30.2 Å². The van der Waals surface area contributed by atoms with E-state index >= 15 is 0 Å².